The van der Waals surface area contributed by atoms with Gasteiger partial charge in [0.1, 0.15) is 24.8 Å². The number of hydrogen-bond donors (Lipinski definition) is 1. The first kappa shape index (κ1) is 17.6. The first-order valence-corrected chi connectivity index (χ1v) is 8.48. The number of benzene rings is 2. The number of pyridine rings is 1. The van der Waals surface area contributed by atoms with Crippen molar-refractivity contribution in [3.05, 3.63) is 78.5 Å². The molecular formula is C21H22N2O3. The molecule has 3 rings (SSSR count). The van der Waals surface area contributed by atoms with Gasteiger partial charge in [0, 0.05) is 18.3 Å². The molecule has 1 aromatic heterocycles. The van der Waals surface area contributed by atoms with Crippen LogP contribution in [0.2, 0.25) is 0 Å². The number of methoxy groups -OCH3 is 1. The molecule has 0 fully saturated rings. The largest absolute Gasteiger partial charge is 0.493 e. The molecule has 26 heavy (non-hydrogen) atoms. The van der Waals surface area contributed by atoms with E-state index >= 15 is 0 Å². The monoisotopic (exact) mass is 350 g/mol. The molecule has 0 aliphatic rings. The molecule has 0 atom stereocenters. The first-order valence-electron chi connectivity index (χ1n) is 8.48. The van der Waals surface area contributed by atoms with E-state index in [2.05, 4.69) is 10.3 Å². The molecule has 0 spiro atoms. The lowest BCUT2D eigenvalue weighted by Crippen LogP contribution is -2.12. The summed E-state index contributed by atoms with van der Waals surface area (Å²) in [4.78, 5) is 4.27. The van der Waals surface area contributed by atoms with Gasteiger partial charge in [-0.2, -0.15) is 0 Å². The van der Waals surface area contributed by atoms with Crippen LogP contribution in [-0.4, -0.2) is 25.3 Å². The van der Waals surface area contributed by atoms with E-state index in [-0.39, 0.29) is 0 Å². The highest BCUT2D eigenvalue weighted by molar-refractivity contribution is 5.48. The molecule has 5 heteroatoms. The summed E-state index contributed by atoms with van der Waals surface area (Å²) in [5.41, 5.74) is 0.995. The number of nitrogens with one attached hydrogen (secondary N) is 1. The molecule has 0 amide bonds. The zero-order valence-corrected chi connectivity index (χ0v) is 14.7. The van der Waals surface area contributed by atoms with Crippen LogP contribution in [0.25, 0.3) is 0 Å². The number of aromatic nitrogens is 1. The molecule has 0 bridgehead atoms. The van der Waals surface area contributed by atoms with Gasteiger partial charge in [-0.15, -0.1) is 0 Å². The quantitative estimate of drug-likeness (QED) is 0.587. The Hall–Kier alpha value is -3.21. The highest BCUT2D eigenvalue weighted by Gasteiger charge is 2.11. The van der Waals surface area contributed by atoms with Crippen LogP contribution in [0.4, 0.5) is 5.82 Å². The summed E-state index contributed by atoms with van der Waals surface area (Å²) in [7, 11) is 1.64. The highest BCUT2D eigenvalue weighted by atomic mass is 16.5. The van der Waals surface area contributed by atoms with E-state index < -0.39 is 0 Å². The van der Waals surface area contributed by atoms with Crippen molar-refractivity contribution in [3.8, 4) is 17.2 Å². The molecule has 0 aliphatic carbocycles. The van der Waals surface area contributed by atoms with Gasteiger partial charge >= 0.3 is 0 Å². The summed E-state index contributed by atoms with van der Waals surface area (Å²) in [6.45, 7) is 1.46. The van der Waals surface area contributed by atoms with Crippen LogP contribution >= 0.6 is 0 Å². The average molecular weight is 350 g/mol. The van der Waals surface area contributed by atoms with Gasteiger partial charge in [-0.05, 0) is 30.3 Å². The number of rotatable bonds is 9. The Morgan fingerprint density at radius 3 is 2.42 bits per heavy atom. The van der Waals surface area contributed by atoms with Gasteiger partial charge in [-0.25, -0.2) is 4.98 Å². The topological polar surface area (TPSA) is 52.6 Å². The van der Waals surface area contributed by atoms with E-state index in [9.17, 15) is 0 Å². The van der Waals surface area contributed by atoms with E-state index in [0.717, 1.165) is 22.9 Å². The van der Waals surface area contributed by atoms with E-state index in [1.807, 2.05) is 66.7 Å². The maximum atomic E-state index is 5.96. The normalized spacial score (nSPS) is 10.2. The summed E-state index contributed by atoms with van der Waals surface area (Å²) in [5.74, 6) is 3.06. The molecule has 1 N–H and O–H groups in total. The molecule has 0 unspecified atom stereocenters. The molecule has 0 aliphatic heterocycles. The Kier molecular flexibility index (Phi) is 6.31. The molecule has 0 saturated heterocycles. The van der Waals surface area contributed by atoms with Crippen LogP contribution in [0, 0.1) is 0 Å². The first-order chi connectivity index (χ1) is 12.9. The molecule has 2 aromatic carbocycles. The second-order valence-electron chi connectivity index (χ2n) is 5.53. The lowest BCUT2D eigenvalue weighted by molar-refractivity contribution is 0.210. The Labute approximate surface area is 153 Å². The maximum Gasteiger partial charge on any atom is 0.166 e. The predicted octanol–water partition coefficient (Wildman–Crippen LogP) is 4.16. The van der Waals surface area contributed by atoms with Gasteiger partial charge in [-0.3, -0.25) is 0 Å². The van der Waals surface area contributed by atoms with E-state index in [1.165, 1.54) is 0 Å². The van der Waals surface area contributed by atoms with Crippen LogP contribution < -0.4 is 19.5 Å². The summed E-state index contributed by atoms with van der Waals surface area (Å²) in [6.07, 6.45) is 1.76. The SMILES string of the molecule is COc1cccc(CNc2ccccn2)c1OCCOc1ccccc1. The minimum Gasteiger partial charge on any atom is -0.493 e. The van der Waals surface area contributed by atoms with Crippen molar-refractivity contribution in [2.45, 2.75) is 6.54 Å². The number of hydrogen-bond acceptors (Lipinski definition) is 5. The third-order valence-corrected chi connectivity index (χ3v) is 3.75. The van der Waals surface area contributed by atoms with Crippen LogP contribution in [-0.2, 0) is 6.54 Å². The van der Waals surface area contributed by atoms with Crippen molar-refractivity contribution < 1.29 is 14.2 Å². The fourth-order valence-electron chi connectivity index (χ4n) is 2.50. The zero-order valence-electron chi connectivity index (χ0n) is 14.7. The zero-order chi connectivity index (χ0) is 18.0. The summed E-state index contributed by atoms with van der Waals surface area (Å²) in [6, 6.07) is 21.3. The van der Waals surface area contributed by atoms with Crippen LogP contribution in [0.1, 0.15) is 5.56 Å². The van der Waals surface area contributed by atoms with Crippen molar-refractivity contribution in [2.24, 2.45) is 0 Å². The van der Waals surface area contributed by atoms with Crippen LogP contribution in [0.5, 0.6) is 17.2 Å². The third kappa shape index (κ3) is 4.89. The standard InChI is InChI=1S/C21H22N2O3/c1-24-19-11-7-8-17(16-23-20-12-5-6-13-22-20)21(19)26-15-14-25-18-9-3-2-4-10-18/h2-13H,14-16H2,1H3,(H,22,23). The summed E-state index contributed by atoms with van der Waals surface area (Å²) < 4.78 is 17.1. The number of nitrogens with zero attached hydrogens (tertiary/aromatic N) is 1. The van der Waals surface area contributed by atoms with Crippen molar-refractivity contribution in [1.29, 1.82) is 0 Å². The molecule has 0 radical (unpaired) electrons. The average Bonchev–Trinajstić information content (AvgIpc) is 2.71. The van der Waals surface area contributed by atoms with Crippen molar-refractivity contribution in [2.75, 3.05) is 25.6 Å². The molecule has 0 saturated carbocycles. The molecule has 3 aromatic rings. The van der Waals surface area contributed by atoms with Gasteiger partial charge in [0.2, 0.25) is 0 Å². The van der Waals surface area contributed by atoms with Gasteiger partial charge < -0.3 is 19.5 Å². The maximum absolute atomic E-state index is 5.96. The minimum absolute atomic E-state index is 0.422. The molecule has 1 heterocycles. The van der Waals surface area contributed by atoms with Crippen molar-refractivity contribution in [3.63, 3.8) is 0 Å². The number of para-hydroxylation sites is 2. The van der Waals surface area contributed by atoms with Crippen LogP contribution in [0.15, 0.2) is 72.9 Å². The Morgan fingerprint density at radius 1 is 0.846 bits per heavy atom. The molecule has 5 nitrogen and oxygen atoms in total. The third-order valence-electron chi connectivity index (χ3n) is 3.75. The lowest BCUT2D eigenvalue weighted by atomic mass is 10.2. The van der Waals surface area contributed by atoms with Crippen LogP contribution in [0.3, 0.4) is 0 Å². The van der Waals surface area contributed by atoms with Crippen molar-refractivity contribution in [1.82, 2.24) is 4.98 Å². The van der Waals surface area contributed by atoms with E-state index in [0.29, 0.717) is 25.5 Å². The smallest absolute Gasteiger partial charge is 0.166 e. The van der Waals surface area contributed by atoms with E-state index in [4.69, 9.17) is 14.2 Å². The van der Waals surface area contributed by atoms with Gasteiger partial charge in [0.05, 0.1) is 7.11 Å². The highest BCUT2D eigenvalue weighted by Crippen LogP contribution is 2.31. The fraction of sp³-hybridized carbons (Fsp3) is 0.190. The van der Waals surface area contributed by atoms with Crippen molar-refractivity contribution >= 4 is 5.82 Å². The molecular weight excluding hydrogens is 328 g/mol. The Bertz CT molecular complexity index is 795. The number of ether oxygens (including phenoxy) is 3. The minimum atomic E-state index is 0.422. The lowest BCUT2D eigenvalue weighted by Gasteiger charge is -2.16. The van der Waals surface area contributed by atoms with Gasteiger partial charge in [-0.1, -0.05) is 36.4 Å². The summed E-state index contributed by atoms with van der Waals surface area (Å²) in [5, 5.41) is 3.29. The summed E-state index contributed by atoms with van der Waals surface area (Å²) >= 11 is 0. The second kappa shape index (κ2) is 9.32. The van der Waals surface area contributed by atoms with Gasteiger partial charge in [0.25, 0.3) is 0 Å². The predicted molar refractivity (Wildman–Crippen MR) is 102 cm³/mol. The second-order valence-corrected chi connectivity index (χ2v) is 5.53. The Balaban J connectivity index is 1.61. The molecule has 134 valence electrons. The van der Waals surface area contributed by atoms with E-state index in [1.54, 1.807) is 13.3 Å². The van der Waals surface area contributed by atoms with Gasteiger partial charge in [0.15, 0.2) is 11.5 Å². The Morgan fingerprint density at radius 2 is 1.65 bits per heavy atom. The fourth-order valence-corrected chi connectivity index (χ4v) is 2.50. The number of anilines is 1.